The Kier molecular flexibility index (Phi) is 4.29. The van der Waals surface area contributed by atoms with Crippen molar-refractivity contribution in [2.45, 2.75) is 30.3 Å². The molecule has 0 unspecified atom stereocenters. The van der Waals surface area contributed by atoms with E-state index in [1.54, 1.807) is 0 Å². The summed E-state index contributed by atoms with van der Waals surface area (Å²) < 4.78 is 65.7. The Morgan fingerprint density at radius 1 is 1.10 bits per heavy atom. The number of amides is 1. The maximum atomic E-state index is 13.1. The first-order valence-corrected chi connectivity index (χ1v) is 11.6. The van der Waals surface area contributed by atoms with Gasteiger partial charge in [-0.05, 0) is 42.7 Å². The topological polar surface area (TPSA) is 36.1 Å². The molecule has 162 valence electrons. The van der Waals surface area contributed by atoms with Gasteiger partial charge in [-0.1, -0.05) is 49.8 Å². The lowest BCUT2D eigenvalue weighted by atomic mass is 9.88. The Hall–Kier alpha value is -2.26. The number of nitrogens with one attached hydrogen (secondary N) is 1. The van der Waals surface area contributed by atoms with Crippen molar-refractivity contribution in [3.63, 3.8) is 0 Å². The number of alkyl halides is 1. The van der Waals surface area contributed by atoms with E-state index in [2.05, 4.69) is 4.98 Å². The van der Waals surface area contributed by atoms with E-state index >= 15 is 0 Å². The van der Waals surface area contributed by atoms with Gasteiger partial charge in [0.05, 0.1) is 6.04 Å². The predicted octanol–water partition coefficient (Wildman–Crippen LogP) is 6.93. The van der Waals surface area contributed by atoms with Gasteiger partial charge < -0.3 is 9.88 Å². The summed E-state index contributed by atoms with van der Waals surface area (Å²) in [4.78, 5) is 15.4. The van der Waals surface area contributed by atoms with Gasteiger partial charge in [0.2, 0.25) is 5.91 Å². The summed E-state index contributed by atoms with van der Waals surface area (Å²) in [7, 11) is -9.79. The van der Waals surface area contributed by atoms with Gasteiger partial charge in [-0.15, -0.1) is 11.6 Å². The molecule has 0 fully saturated rings. The average Bonchev–Trinajstić information content (AvgIpc) is 3.03. The standard InChI is InChI=1S/C20H18ClF5N2OS/c1-12-10-16-15-4-2-3-5-17(15)27-19(16)20(28(12)18(29)11-21)13-6-8-14(9-7-13)30(22,23,24,25)26/h2-9,12,20,27H,10-11H2,1H3/t12-,20-/m0/s1. The molecule has 30 heavy (non-hydrogen) atoms. The van der Waals surface area contributed by atoms with Crippen LogP contribution in [0.2, 0.25) is 0 Å². The molecule has 1 N–H and O–H groups in total. The van der Waals surface area contributed by atoms with Gasteiger partial charge >= 0.3 is 10.2 Å². The first-order valence-electron chi connectivity index (χ1n) is 9.11. The van der Waals surface area contributed by atoms with E-state index in [4.69, 9.17) is 11.6 Å². The smallest absolute Gasteiger partial charge is 0.310 e. The summed E-state index contributed by atoms with van der Waals surface area (Å²) in [6.45, 7) is 1.82. The number of rotatable bonds is 3. The van der Waals surface area contributed by atoms with Crippen molar-refractivity contribution in [2.24, 2.45) is 0 Å². The normalized spacial score (nSPS) is 21.8. The molecule has 2 aromatic carbocycles. The van der Waals surface area contributed by atoms with E-state index < -0.39 is 27.1 Å². The third-order valence-electron chi connectivity index (χ3n) is 5.42. The van der Waals surface area contributed by atoms with Crippen molar-refractivity contribution >= 4 is 38.6 Å². The number of hydrogen-bond donors (Lipinski definition) is 1. The van der Waals surface area contributed by atoms with Crippen molar-refractivity contribution in [3.05, 3.63) is 65.4 Å². The predicted molar refractivity (Wildman–Crippen MR) is 109 cm³/mol. The van der Waals surface area contributed by atoms with Gasteiger partial charge in [0, 0.05) is 22.6 Å². The maximum absolute atomic E-state index is 13.1. The summed E-state index contributed by atoms with van der Waals surface area (Å²) in [5.41, 5.74) is 2.70. The zero-order valence-corrected chi connectivity index (χ0v) is 17.3. The molecule has 1 aliphatic heterocycles. The van der Waals surface area contributed by atoms with Crippen LogP contribution in [0.5, 0.6) is 0 Å². The van der Waals surface area contributed by atoms with E-state index in [0.29, 0.717) is 29.8 Å². The number of H-pyrrole nitrogens is 1. The van der Waals surface area contributed by atoms with E-state index in [1.165, 1.54) is 4.90 Å². The Morgan fingerprint density at radius 3 is 2.33 bits per heavy atom. The van der Waals surface area contributed by atoms with Crippen LogP contribution >= 0.6 is 21.8 Å². The SMILES string of the molecule is C[C@H]1Cc2c([nH]c3ccccc23)[C@H](c2ccc(S(F)(F)(F)(F)F)cc2)N1C(=O)CCl. The van der Waals surface area contributed by atoms with Crippen LogP contribution in [0.1, 0.15) is 29.8 Å². The van der Waals surface area contributed by atoms with E-state index in [1.807, 2.05) is 31.2 Å². The highest BCUT2D eigenvalue weighted by Crippen LogP contribution is 3.02. The molecule has 1 aromatic heterocycles. The minimum Gasteiger partial charge on any atom is -0.356 e. The third-order valence-corrected chi connectivity index (χ3v) is 6.81. The molecule has 10 heteroatoms. The van der Waals surface area contributed by atoms with Crippen molar-refractivity contribution in [3.8, 4) is 0 Å². The highest BCUT2D eigenvalue weighted by atomic mass is 35.5. The highest BCUT2D eigenvalue weighted by Gasteiger charge is 2.65. The molecule has 2 atom stereocenters. The van der Waals surface area contributed by atoms with Gasteiger partial charge in [-0.2, -0.15) is 0 Å². The minimum absolute atomic E-state index is 0.289. The average molecular weight is 465 g/mol. The van der Waals surface area contributed by atoms with Crippen molar-refractivity contribution < 1.29 is 24.2 Å². The van der Waals surface area contributed by atoms with Crippen LogP contribution in [0.15, 0.2) is 53.4 Å². The molecule has 2 heterocycles. The lowest BCUT2D eigenvalue weighted by molar-refractivity contribution is -0.133. The molecule has 0 bridgehead atoms. The number of benzene rings is 2. The number of carbonyl (C=O) groups excluding carboxylic acids is 1. The third kappa shape index (κ3) is 3.54. The molecule has 1 amide bonds. The molecular weight excluding hydrogens is 447 g/mol. The fourth-order valence-electron chi connectivity index (χ4n) is 4.15. The molecule has 3 aromatic rings. The minimum atomic E-state index is -9.79. The number of carbonyl (C=O) groups is 1. The molecule has 0 aliphatic carbocycles. The number of para-hydroxylation sites is 1. The number of aromatic nitrogens is 1. The van der Waals surface area contributed by atoms with Crippen LogP contribution < -0.4 is 0 Å². The first kappa shape index (κ1) is 21.0. The number of halogens is 6. The second-order valence-electron chi connectivity index (χ2n) is 7.49. The highest BCUT2D eigenvalue weighted by molar-refractivity contribution is 8.45. The quantitative estimate of drug-likeness (QED) is 0.331. The molecule has 0 spiro atoms. The molecule has 0 radical (unpaired) electrons. The maximum Gasteiger partial charge on any atom is 0.310 e. The molecule has 4 rings (SSSR count). The molecule has 3 nitrogen and oxygen atoms in total. The molecular formula is C20H18ClF5N2OS. The summed E-state index contributed by atoms with van der Waals surface area (Å²) in [5.74, 6) is -0.699. The van der Waals surface area contributed by atoms with Crippen molar-refractivity contribution in [1.29, 1.82) is 0 Å². The van der Waals surface area contributed by atoms with Crippen LogP contribution in [0.25, 0.3) is 10.9 Å². The fourth-order valence-corrected chi connectivity index (χ4v) is 4.94. The van der Waals surface area contributed by atoms with Gasteiger partial charge in [0.25, 0.3) is 0 Å². The van der Waals surface area contributed by atoms with E-state index in [0.717, 1.165) is 28.6 Å². The monoisotopic (exact) mass is 464 g/mol. The summed E-state index contributed by atoms with van der Waals surface area (Å²) in [5, 5.41) is 0.950. The van der Waals surface area contributed by atoms with Crippen molar-refractivity contribution in [2.75, 3.05) is 5.88 Å². The van der Waals surface area contributed by atoms with Gasteiger partial charge in [-0.25, -0.2) is 0 Å². The first-order chi connectivity index (χ1) is 13.8. The summed E-state index contributed by atoms with van der Waals surface area (Å²) in [6, 6.07) is 9.19. The zero-order chi connectivity index (χ0) is 22.0. The van der Waals surface area contributed by atoms with Crippen LogP contribution in [0.3, 0.4) is 0 Å². The number of aromatic amines is 1. The number of hydrogen-bond acceptors (Lipinski definition) is 1. The van der Waals surface area contributed by atoms with Crippen LogP contribution in [-0.4, -0.2) is 27.7 Å². The molecule has 0 saturated carbocycles. The number of fused-ring (bicyclic) bond motifs is 3. The largest absolute Gasteiger partial charge is 0.356 e. The van der Waals surface area contributed by atoms with Crippen LogP contribution in [0.4, 0.5) is 19.4 Å². The second kappa shape index (κ2) is 6.13. The Balaban J connectivity index is 1.90. The van der Waals surface area contributed by atoms with Gasteiger partial charge in [-0.3, -0.25) is 4.79 Å². The second-order valence-corrected chi connectivity index (χ2v) is 10.2. The lowest BCUT2D eigenvalue weighted by Crippen LogP contribution is -2.46. The van der Waals surface area contributed by atoms with E-state index in [9.17, 15) is 24.2 Å². The van der Waals surface area contributed by atoms with E-state index in [-0.39, 0.29) is 11.9 Å². The van der Waals surface area contributed by atoms with Gasteiger partial charge in [0.15, 0.2) is 0 Å². The Bertz CT molecular complexity index is 1140. The van der Waals surface area contributed by atoms with Crippen LogP contribution in [0, 0.1) is 0 Å². The fraction of sp³-hybridized carbons (Fsp3) is 0.250. The van der Waals surface area contributed by atoms with Gasteiger partial charge in [0.1, 0.15) is 10.8 Å². The zero-order valence-electron chi connectivity index (χ0n) is 15.7. The van der Waals surface area contributed by atoms with Crippen LogP contribution in [-0.2, 0) is 11.2 Å². The molecule has 0 saturated heterocycles. The number of nitrogens with zero attached hydrogens (tertiary/aromatic N) is 1. The molecule has 1 aliphatic rings. The Labute approximate surface area is 174 Å². The van der Waals surface area contributed by atoms with Crippen molar-refractivity contribution in [1.82, 2.24) is 9.88 Å². The lowest BCUT2D eigenvalue weighted by Gasteiger charge is -2.42. The summed E-state index contributed by atoms with van der Waals surface area (Å²) >= 11 is 5.79. The Morgan fingerprint density at radius 2 is 1.73 bits per heavy atom. The summed E-state index contributed by atoms with van der Waals surface area (Å²) in [6.07, 6.45) is 0.530.